The van der Waals surface area contributed by atoms with E-state index in [0.29, 0.717) is 0 Å². The van der Waals surface area contributed by atoms with Crippen LogP contribution in [0.25, 0.3) is 11.1 Å². The molecule has 5 nitrogen and oxygen atoms in total. The van der Waals surface area contributed by atoms with Gasteiger partial charge in [-0.3, -0.25) is 4.98 Å². The number of ether oxygens (including phenoxy) is 3. The summed E-state index contributed by atoms with van der Waals surface area (Å²) in [6.07, 6.45) is 7.73. The lowest BCUT2D eigenvalue weighted by molar-refractivity contribution is 0.369. The number of aryl methyl sites for hydroxylation is 1. The largest absolute Gasteiger partial charge is 0.496 e. The Labute approximate surface area is 184 Å². The quantitative estimate of drug-likeness (QED) is 0.559. The van der Waals surface area contributed by atoms with Crippen LogP contribution in [0.1, 0.15) is 35.6 Å². The van der Waals surface area contributed by atoms with E-state index in [1.54, 1.807) is 27.5 Å². The van der Waals surface area contributed by atoms with E-state index < -0.39 is 0 Å². The Morgan fingerprint density at radius 3 is 2.39 bits per heavy atom. The van der Waals surface area contributed by atoms with Gasteiger partial charge in [-0.25, -0.2) is 0 Å². The summed E-state index contributed by atoms with van der Waals surface area (Å²) in [6, 6.07) is 14.9. The van der Waals surface area contributed by atoms with Crippen molar-refractivity contribution < 1.29 is 14.2 Å². The molecule has 0 fully saturated rings. The molecular weight excluding hydrogens is 388 g/mol. The highest BCUT2D eigenvalue weighted by Crippen LogP contribution is 2.39. The molecule has 1 atom stereocenters. The maximum Gasteiger partial charge on any atom is 0.129 e. The van der Waals surface area contributed by atoms with Gasteiger partial charge in [0, 0.05) is 35.1 Å². The third-order valence-corrected chi connectivity index (χ3v) is 6.05. The molecule has 2 heterocycles. The van der Waals surface area contributed by atoms with Gasteiger partial charge in [0.1, 0.15) is 17.2 Å². The summed E-state index contributed by atoms with van der Waals surface area (Å²) in [5, 5.41) is 3.67. The minimum absolute atomic E-state index is 0.285. The van der Waals surface area contributed by atoms with Crippen molar-refractivity contribution in [2.75, 3.05) is 27.9 Å². The molecule has 0 saturated carbocycles. The number of nitrogens with zero attached hydrogens (tertiary/aromatic N) is 1. The Bertz CT molecular complexity index is 1020. The Morgan fingerprint density at radius 1 is 0.903 bits per heavy atom. The zero-order chi connectivity index (χ0) is 21.6. The van der Waals surface area contributed by atoms with Crippen LogP contribution in [0, 0.1) is 0 Å². The fraction of sp³-hybridized carbons (Fsp3) is 0.346. The molecule has 0 radical (unpaired) electrons. The average molecular weight is 419 g/mol. The van der Waals surface area contributed by atoms with Gasteiger partial charge in [0.15, 0.2) is 0 Å². The van der Waals surface area contributed by atoms with E-state index in [-0.39, 0.29) is 6.04 Å². The highest BCUT2D eigenvalue weighted by molar-refractivity contribution is 5.69. The fourth-order valence-electron chi connectivity index (χ4n) is 4.49. The van der Waals surface area contributed by atoms with Crippen LogP contribution in [-0.2, 0) is 12.8 Å². The van der Waals surface area contributed by atoms with Crippen molar-refractivity contribution in [3.05, 3.63) is 71.5 Å². The molecule has 4 rings (SSSR count). The lowest BCUT2D eigenvalue weighted by Crippen LogP contribution is -2.30. The van der Waals surface area contributed by atoms with Crippen LogP contribution < -0.4 is 19.5 Å². The molecule has 31 heavy (non-hydrogen) atoms. The third-order valence-electron chi connectivity index (χ3n) is 6.05. The monoisotopic (exact) mass is 418 g/mol. The van der Waals surface area contributed by atoms with Crippen LogP contribution >= 0.6 is 0 Å². The number of benzene rings is 2. The van der Waals surface area contributed by atoms with Gasteiger partial charge in [0.25, 0.3) is 0 Å². The van der Waals surface area contributed by atoms with Gasteiger partial charge >= 0.3 is 0 Å². The number of rotatable bonds is 8. The third kappa shape index (κ3) is 4.52. The normalized spacial score (nSPS) is 15.3. The van der Waals surface area contributed by atoms with Crippen molar-refractivity contribution in [3.63, 3.8) is 0 Å². The van der Waals surface area contributed by atoms with Crippen molar-refractivity contribution in [3.8, 4) is 28.4 Å². The standard InChI is InChI=1S/C26H30N2O3/c1-29-23-11-12-25(31-3)26-20(23)13-16-28-22(26)6-4-5-18-7-9-19(10-8-18)21-17-27-15-14-24(21)30-2/h7-12,14-15,17,22,28H,4-6,13,16H2,1-3H3. The highest BCUT2D eigenvalue weighted by Gasteiger charge is 2.26. The number of methoxy groups -OCH3 is 3. The molecule has 5 heteroatoms. The zero-order valence-electron chi connectivity index (χ0n) is 18.5. The van der Waals surface area contributed by atoms with Gasteiger partial charge in [-0.15, -0.1) is 0 Å². The minimum Gasteiger partial charge on any atom is -0.496 e. The summed E-state index contributed by atoms with van der Waals surface area (Å²) < 4.78 is 16.7. The summed E-state index contributed by atoms with van der Waals surface area (Å²) in [5.74, 6) is 2.75. The molecule has 0 bridgehead atoms. The van der Waals surface area contributed by atoms with Crippen LogP contribution in [0.3, 0.4) is 0 Å². The minimum atomic E-state index is 0.285. The maximum absolute atomic E-state index is 5.67. The van der Waals surface area contributed by atoms with Crippen LogP contribution in [0.15, 0.2) is 54.9 Å². The maximum atomic E-state index is 5.67. The molecule has 1 aliphatic heterocycles. The van der Waals surface area contributed by atoms with Crippen molar-refractivity contribution in [1.29, 1.82) is 0 Å². The van der Waals surface area contributed by atoms with E-state index in [0.717, 1.165) is 60.6 Å². The topological polar surface area (TPSA) is 52.6 Å². The molecular formula is C26H30N2O3. The van der Waals surface area contributed by atoms with Crippen LogP contribution in [-0.4, -0.2) is 32.9 Å². The van der Waals surface area contributed by atoms with Gasteiger partial charge in [-0.2, -0.15) is 0 Å². The van der Waals surface area contributed by atoms with Crippen LogP contribution in [0.4, 0.5) is 0 Å². The number of hydrogen-bond acceptors (Lipinski definition) is 5. The van der Waals surface area contributed by atoms with E-state index in [1.807, 2.05) is 24.4 Å². The first-order valence-corrected chi connectivity index (χ1v) is 10.8. The van der Waals surface area contributed by atoms with Crippen LogP contribution in [0.5, 0.6) is 17.2 Å². The lowest BCUT2D eigenvalue weighted by Gasteiger charge is -2.30. The van der Waals surface area contributed by atoms with E-state index in [1.165, 1.54) is 16.7 Å². The fourth-order valence-corrected chi connectivity index (χ4v) is 4.49. The molecule has 1 unspecified atom stereocenters. The van der Waals surface area contributed by atoms with E-state index in [9.17, 15) is 0 Å². The molecule has 1 aromatic heterocycles. The van der Waals surface area contributed by atoms with E-state index in [2.05, 4.69) is 34.6 Å². The molecule has 0 aliphatic carbocycles. The smallest absolute Gasteiger partial charge is 0.129 e. The summed E-state index contributed by atoms with van der Waals surface area (Å²) in [4.78, 5) is 4.23. The molecule has 0 spiro atoms. The second-order valence-electron chi connectivity index (χ2n) is 7.78. The number of pyridine rings is 1. The SMILES string of the molecule is COc1ccncc1-c1ccc(CCCC2NCCc3c(OC)ccc(OC)c32)cc1. The first kappa shape index (κ1) is 21.2. The summed E-state index contributed by atoms with van der Waals surface area (Å²) >= 11 is 0. The Balaban J connectivity index is 1.43. The number of fused-ring (bicyclic) bond motifs is 1. The Morgan fingerprint density at radius 2 is 1.65 bits per heavy atom. The predicted octanol–water partition coefficient (Wildman–Crippen LogP) is 4.98. The van der Waals surface area contributed by atoms with Gasteiger partial charge < -0.3 is 19.5 Å². The number of nitrogens with one attached hydrogen (secondary N) is 1. The van der Waals surface area contributed by atoms with Crippen molar-refractivity contribution >= 4 is 0 Å². The Hall–Kier alpha value is -3.05. The summed E-state index contributed by atoms with van der Waals surface area (Å²) in [7, 11) is 5.17. The second-order valence-corrected chi connectivity index (χ2v) is 7.78. The zero-order valence-corrected chi connectivity index (χ0v) is 18.5. The summed E-state index contributed by atoms with van der Waals surface area (Å²) in [6.45, 7) is 0.961. The lowest BCUT2D eigenvalue weighted by atomic mass is 9.89. The first-order chi connectivity index (χ1) is 15.2. The highest BCUT2D eigenvalue weighted by atomic mass is 16.5. The van der Waals surface area contributed by atoms with Gasteiger partial charge in [0.2, 0.25) is 0 Å². The van der Waals surface area contributed by atoms with E-state index >= 15 is 0 Å². The van der Waals surface area contributed by atoms with Gasteiger partial charge in [-0.05, 0) is 61.6 Å². The van der Waals surface area contributed by atoms with Crippen molar-refractivity contribution in [1.82, 2.24) is 10.3 Å². The molecule has 1 aliphatic rings. The number of aromatic nitrogens is 1. The molecule has 0 saturated heterocycles. The van der Waals surface area contributed by atoms with Gasteiger partial charge in [-0.1, -0.05) is 24.3 Å². The number of hydrogen-bond donors (Lipinski definition) is 1. The molecule has 162 valence electrons. The Kier molecular flexibility index (Phi) is 6.73. The summed E-state index contributed by atoms with van der Waals surface area (Å²) in [5.41, 5.74) is 6.00. The average Bonchev–Trinajstić information content (AvgIpc) is 2.83. The molecule has 2 aromatic carbocycles. The van der Waals surface area contributed by atoms with Crippen molar-refractivity contribution in [2.45, 2.75) is 31.7 Å². The predicted molar refractivity (Wildman–Crippen MR) is 123 cm³/mol. The van der Waals surface area contributed by atoms with Gasteiger partial charge in [0.05, 0.1) is 21.3 Å². The van der Waals surface area contributed by atoms with E-state index in [4.69, 9.17) is 14.2 Å². The molecule has 1 N–H and O–H groups in total. The molecule has 0 amide bonds. The molecule has 3 aromatic rings. The first-order valence-electron chi connectivity index (χ1n) is 10.8. The van der Waals surface area contributed by atoms with Crippen LogP contribution in [0.2, 0.25) is 0 Å². The van der Waals surface area contributed by atoms with Crippen molar-refractivity contribution in [2.24, 2.45) is 0 Å². The second kappa shape index (κ2) is 9.84.